The monoisotopic (exact) mass is 576 g/mol. The summed E-state index contributed by atoms with van der Waals surface area (Å²) < 4.78 is 0. The Balaban J connectivity index is 1.44. The summed E-state index contributed by atoms with van der Waals surface area (Å²) in [4.78, 5) is 54.7. The van der Waals surface area contributed by atoms with Gasteiger partial charge in [-0.2, -0.15) is 0 Å². The molecule has 222 valence electrons. The topological polar surface area (TPSA) is 74.8 Å². The molecule has 1 unspecified atom stereocenters. The van der Waals surface area contributed by atoms with Gasteiger partial charge < -0.3 is 0 Å². The third-order valence-corrected chi connectivity index (χ3v) is 8.71. The van der Waals surface area contributed by atoms with Crippen molar-refractivity contribution < 1.29 is 19.2 Å². The van der Waals surface area contributed by atoms with E-state index in [9.17, 15) is 19.2 Å². The minimum Gasteiger partial charge on any atom is -0.274 e. The quantitative estimate of drug-likeness (QED) is 0.245. The smallest absolute Gasteiger partial charge is 0.258 e. The van der Waals surface area contributed by atoms with E-state index in [0.717, 1.165) is 45.5 Å². The molecule has 0 aliphatic carbocycles. The SMILES string of the molecule is CCc1cc(Cc2cc(CC)c(N3C(=O)CC(CCc4ccccc4)C3=O)c(CC)c2)cc(CC)c1N1C(=O)C=CC1=O. The molecule has 2 aliphatic rings. The first-order valence-electron chi connectivity index (χ1n) is 15.6. The number of hydrogen-bond donors (Lipinski definition) is 0. The summed E-state index contributed by atoms with van der Waals surface area (Å²) in [5.74, 6) is -1.10. The first-order valence-corrected chi connectivity index (χ1v) is 15.6. The molecule has 0 N–H and O–H groups in total. The van der Waals surface area contributed by atoms with Crippen LogP contribution in [0, 0.1) is 5.92 Å². The normalized spacial score (nSPS) is 16.7. The van der Waals surface area contributed by atoms with Gasteiger partial charge in [0.25, 0.3) is 11.8 Å². The first-order chi connectivity index (χ1) is 20.8. The van der Waals surface area contributed by atoms with Crippen molar-refractivity contribution in [3.63, 3.8) is 0 Å². The zero-order chi connectivity index (χ0) is 30.7. The lowest BCUT2D eigenvalue weighted by molar-refractivity contribution is -0.123. The van der Waals surface area contributed by atoms with Gasteiger partial charge in [0, 0.05) is 24.5 Å². The third-order valence-electron chi connectivity index (χ3n) is 8.71. The second kappa shape index (κ2) is 12.9. The van der Waals surface area contributed by atoms with Crippen LogP contribution in [0.2, 0.25) is 0 Å². The lowest BCUT2D eigenvalue weighted by Crippen LogP contribution is -2.32. The van der Waals surface area contributed by atoms with Gasteiger partial charge in [0.1, 0.15) is 0 Å². The van der Waals surface area contributed by atoms with Crippen molar-refractivity contribution in [1.29, 1.82) is 0 Å². The van der Waals surface area contributed by atoms with Crippen molar-refractivity contribution in [2.45, 2.75) is 79.1 Å². The van der Waals surface area contributed by atoms with Gasteiger partial charge >= 0.3 is 0 Å². The van der Waals surface area contributed by atoms with Crippen LogP contribution >= 0.6 is 0 Å². The summed E-state index contributed by atoms with van der Waals surface area (Å²) in [5, 5.41) is 0. The molecule has 3 aromatic rings. The van der Waals surface area contributed by atoms with Crippen LogP contribution in [0.25, 0.3) is 0 Å². The zero-order valence-electron chi connectivity index (χ0n) is 25.6. The summed E-state index contributed by atoms with van der Waals surface area (Å²) >= 11 is 0. The number of amides is 4. The van der Waals surface area contributed by atoms with E-state index in [2.05, 4.69) is 50.2 Å². The molecule has 1 saturated heterocycles. The van der Waals surface area contributed by atoms with Gasteiger partial charge in [-0.05, 0) is 83.9 Å². The third kappa shape index (κ3) is 5.96. The summed E-state index contributed by atoms with van der Waals surface area (Å²) in [5.41, 5.74) is 8.82. The minimum atomic E-state index is -0.301. The van der Waals surface area contributed by atoms with Crippen LogP contribution in [0.15, 0.2) is 66.7 Å². The molecule has 1 fully saturated rings. The van der Waals surface area contributed by atoms with Crippen molar-refractivity contribution in [3.8, 4) is 0 Å². The fourth-order valence-corrected chi connectivity index (χ4v) is 6.52. The molecule has 2 heterocycles. The van der Waals surface area contributed by atoms with Crippen LogP contribution in [-0.4, -0.2) is 23.6 Å². The largest absolute Gasteiger partial charge is 0.274 e. The highest BCUT2D eigenvalue weighted by atomic mass is 16.2. The molecule has 43 heavy (non-hydrogen) atoms. The van der Waals surface area contributed by atoms with Gasteiger partial charge in [0.05, 0.1) is 11.4 Å². The molecule has 3 aromatic carbocycles. The van der Waals surface area contributed by atoms with Crippen molar-refractivity contribution in [2.75, 3.05) is 9.80 Å². The van der Waals surface area contributed by atoms with Gasteiger partial charge in [-0.25, -0.2) is 9.80 Å². The minimum absolute atomic E-state index is 0.0886. The number of nitrogens with zero attached hydrogens (tertiary/aromatic N) is 2. The fourth-order valence-electron chi connectivity index (χ4n) is 6.52. The molecular formula is C37H40N2O4. The highest BCUT2D eigenvalue weighted by Crippen LogP contribution is 2.37. The van der Waals surface area contributed by atoms with Crippen LogP contribution in [0.1, 0.15) is 79.5 Å². The van der Waals surface area contributed by atoms with Gasteiger partial charge in [-0.1, -0.05) is 82.3 Å². The van der Waals surface area contributed by atoms with E-state index in [1.807, 2.05) is 32.0 Å². The Kier molecular flexibility index (Phi) is 9.05. The maximum Gasteiger partial charge on any atom is 0.258 e. The van der Waals surface area contributed by atoms with Crippen molar-refractivity contribution >= 4 is 35.0 Å². The van der Waals surface area contributed by atoms with Gasteiger partial charge in [-0.3, -0.25) is 19.2 Å². The highest BCUT2D eigenvalue weighted by molar-refractivity contribution is 6.28. The Bertz CT molecular complexity index is 1540. The van der Waals surface area contributed by atoms with E-state index in [-0.39, 0.29) is 36.0 Å². The first kappa shape index (κ1) is 30.1. The van der Waals surface area contributed by atoms with Crippen LogP contribution < -0.4 is 9.80 Å². The summed E-state index contributed by atoms with van der Waals surface area (Å²) in [7, 11) is 0. The number of carbonyl (C=O) groups excluding carboxylic acids is 4. The van der Waals surface area contributed by atoms with Gasteiger partial charge in [0.15, 0.2) is 0 Å². The number of benzene rings is 3. The zero-order valence-corrected chi connectivity index (χ0v) is 25.6. The number of imide groups is 2. The Labute approximate surface area is 254 Å². The average Bonchev–Trinajstić information content (AvgIpc) is 3.50. The summed E-state index contributed by atoms with van der Waals surface area (Å²) in [6.07, 6.45) is 7.80. The average molecular weight is 577 g/mol. The van der Waals surface area contributed by atoms with E-state index >= 15 is 0 Å². The predicted molar refractivity (Wildman–Crippen MR) is 170 cm³/mol. The molecule has 5 rings (SSSR count). The Morgan fingerprint density at radius 3 is 1.56 bits per heavy atom. The summed E-state index contributed by atoms with van der Waals surface area (Å²) in [6.45, 7) is 8.21. The van der Waals surface area contributed by atoms with Crippen LogP contribution in [0.4, 0.5) is 11.4 Å². The van der Waals surface area contributed by atoms with Crippen LogP contribution in [0.3, 0.4) is 0 Å². The number of carbonyl (C=O) groups is 4. The molecule has 0 saturated carbocycles. The second-order valence-corrected chi connectivity index (χ2v) is 11.5. The molecule has 6 heteroatoms. The molecule has 2 aliphatic heterocycles. The van der Waals surface area contributed by atoms with Crippen molar-refractivity contribution in [1.82, 2.24) is 0 Å². The maximum absolute atomic E-state index is 13.6. The Morgan fingerprint density at radius 2 is 1.09 bits per heavy atom. The highest BCUT2D eigenvalue weighted by Gasteiger charge is 2.40. The second-order valence-electron chi connectivity index (χ2n) is 11.5. The number of hydrogen-bond acceptors (Lipinski definition) is 4. The standard InChI is InChI=1S/C37H40N2O4/c1-5-27-19-25(20-28(6-2)35(27)38-32(40)16-17-33(38)41)18-26-21-29(7-3)36(30(8-4)22-26)39-34(42)23-31(37(39)43)15-14-24-12-10-9-11-13-24/h9-13,16-17,19-22,31H,5-8,14-15,18,23H2,1-4H3. The predicted octanol–water partition coefficient (Wildman–Crippen LogP) is 6.47. The van der Waals surface area contributed by atoms with Crippen molar-refractivity contribution in [3.05, 3.63) is 106 Å². The van der Waals surface area contributed by atoms with E-state index in [4.69, 9.17) is 0 Å². The van der Waals surface area contributed by atoms with Gasteiger partial charge in [0.2, 0.25) is 11.8 Å². The fraction of sp³-hybridized carbons (Fsp3) is 0.351. The van der Waals surface area contributed by atoms with E-state index in [1.54, 1.807) is 0 Å². The van der Waals surface area contributed by atoms with E-state index in [0.29, 0.717) is 44.2 Å². The van der Waals surface area contributed by atoms with E-state index in [1.165, 1.54) is 27.5 Å². The van der Waals surface area contributed by atoms with E-state index < -0.39 is 0 Å². The number of aryl methyl sites for hydroxylation is 5. The van der Waals surface area contributed by atoms with Crippen molar-refractivity contribution in [2.24, 2.45) is 5.92 Å². The molecule has 0 aromatic heterocycles. The Hall–Kier alpha value is -4.32. The molecule has 6 nitrogen and oxygen atoms in total. The maximum atomic E-state index is 13.6. The number of rotatable bonds is 11. The van der Waals surface area contributed by atoms with Crippen LogP contribution in [-0.2, 0) is 57.7 Å². The molecule has 0 radical (unpaired) electrons. The molecular weight excluding hydrogens is 536 g/mol. The molecule has 4 amide bonds. The molecule has 1 atom stereocenters. The summed E-state index contributed by atoms with van der Waals surface area (Å²) in [6, 6.07) is 18.6. The number of anilines is 2. The Morgan fingerprint density at radius 1 is 0.628 bits per heavy atom. The van der Waals surface area contributed by atoms with Crippen LogP contribution in [0.5, 0.6) is 0 Å². The molecule has 0 spiro atoms. The van der Waals surface area contributed by atoms with Gasteiger partial charge in [-0.15, -0.1) is 0 Å². The molecule has 0 bridgehead atoms. The lowest BCUT2D eigenvalue weighted by Gasteiger charge is -2.24. The lowest BCUT2D eigenvalue weighted by atomic mass is 9.92.